The van der Waals surface area contributed by atoms with E-state index in [1.807, 2.05) is 17.5 Å². The Balaban J connectivity index is 2.07. The number of hydrogen-bond donors (Lipinski definition) is 1. The maximum Gasteiger partial charge on any atom is 0.128 e. The molecule has 0 aliphatic heterocycles. The van der Waals surface area contributed by atoms with E-state index in [9.17, 15) is 4.39 Å². The standard InChI is InChI=1S/C13H11FN2S/c1-9-12(14)3-2-4-13(9)16-7-11-5-10(6-15)8-17-11/h2-5,8,16H,7H2,1H3. The highest BCUT2D eigenvalue weighted by atomic mass is 32.1. The molecule has 1 aromatic carbocycles. The zero-order valence-corrected chi connectivity index (χ0v) is 10.1. The highest BCUT2D eigenvalue weighted by Crippen LogP contribution is 2.20. The zero-order valence-electron chi connectivity index (χ0n) is 9.33. The fourth-order valence-corrected chi connectivity index (χ4v) is 2.26. The topological polar surface area (TPSA) is 35.8 Å². The van der Waals surface area contributed by atoms with Crippen LogP contribution in [0.25, 0.3) is 0 Å². The van der Waals surface area contributed by atoms with Gasteiger partial charge in [-0.05, 0) is 25.1 Å². The van der Waals surface area contributed by atoms with Gasteiger partial charge in [0.1, 0.15) is 11.9 Å². The highest BCUT2D eigenvalue weighted by Gasteiger charge is 2.04. The summed E-state index contributed by atoms with van der Waals surface area (Å²) >= 11 is 1.52. The summed E-state index contributed by atoms with van der Waals surface area (Å²) in [5, 5.41) is 13.7. The van der Waals surface area contributed by atoms with Gasteiger partial charge in [-0.3, -0.25) is 0 Å². The number of hydrogen-bond acceptors (Lipinski definition) is 3. The first-order valence-corrected chi connectivity index (χ1v) is 6.05. The minimum atomic E-state index is -0.209. The Bertz CT molecular complexity index is 569. The van der Waals surface area contributed by atoms with Crippen molar-refractivity contribution in [1.29, 1.82) is 5.26 Å². The Labute approximate surface area is 103 Å². The molecule has 2 rings (SSSR count). The molecular weight excluding hydrogens is 235 g/mol. The monoisotopic (exact) mass is 246 g/mol. The lowest BCUT2D eigenvalue weighted by Gasteiger charge is -2.08. The van der Waals surface area contributed by atoms with Crippen LogP contribution in [0, 0.1) is 24.1 Å². The molecule has 86 valence electrons. The molecule has 4 heteroatoms. The molecule has 0 amide bonds. The van der Waals surface area contributed by atoms with Crippen LogP contribution in [0.4, 0.5) is 10.1 Å². The van der Waals surface area contributed by atoms with E-state index in [2.05, 4.69) is 11.4 Å². The van der Waals surface area contributed by atoms with Gasteiger partial charge in [0.15, 0.2) is 0 Å². The molecule has 0 fully saturated rings. The van der Waals surface area contributed by atoms with Gasteiger partial charge in [0.25, 0.3) is 0 Å². The Hall–Kier alpha value is -1.86. The van der Waals surface area contributed by atoms with Crippen molar-refractivity contribution in [1.82, 2.24) is 0 Å². The lowest BCUT2D eigenvalue weighted by molar-refractivity contribution is 0.619. The van der Waals surface area contributed by atoms with Crippen molar-refractivity contribution < 1.29 is 4.39 Å². The molecule has 0 saturated carbocycles. The van der Waals surface area contributed by atoms with Crippen LogP contribution in [-0.2, 0) is 6.54 Å². The second-order valence-electron chi connectivity index (χ2n) is 3.68. The van der Waals surface area contributed by atoms with E-state index in [0.29, 0.717) is 17.7 Å². The van der Waals surface area contributed by atoms with Gasteiger partial charge in [0, 0.05) is 28.1 Å². The minimum absolute atomic E-state index is 0.209. The van der Waals surface area contributed by atoms with E-state index >= 15 is 0 Å². The molecule has 0 aliphatic carbocycles. The van der Waals surface area contributed by atoms with Gasteiger partial charge in [0.2, 0.25) is 0 Å². The van der Waals surface area contributed by atoms with Gasteiger partial charge in [-0.1, -0.05) is 6.07 Å². The van der Waals surface area contributed by atoms with E-state index in [1.54, 1.807) is 13.0 Å². The largest absolute Gasteiger partial charge is 0.380 e. The van der Waals surface area contributed by atoms with Crippen molar-refractivity contribution in [2.75, 3.05) is 5.32 Å². The fourth-order valence-electron chi connectivity index (χ4n) is 1.51. The molecule has 2 aromatic rings. The van der Waals surface area contributed by atoms with Crippen LogP contribution in [0.5, 0.6) is 0 Å². The molecular formula is C13H11FN2S. The number of anilines is 1. The second-order valence-corrected chi connectivity index (χ2v) is 4.68. The average Bonchev–Trinajstić information content (AvgIpc) is 2.79. The van der Waals surface area contributed by atoms with Crippen molar-refractivity contribution in [3.05, 3.63) is 51.5 Å². The van der Waals surface area contributed by atoms with Gasteiger partial charge in [-0.15, -0.1) is 11.3 Å². The van der Waals surface area contributed by atoms with Crippen molar-refractivity contribution >= 4 is 17.0 Å². The summed E-state index contributed by atoms with van der Waals surface area (Å²) in [6.07, 6.45) is 0. The van der Waals surface area contributed by atoms with Gasteiger partial charge in [-0.2, -0.15) is 5.26 Å². The molecule has 2 nitrogen and oxygen atoms in total. The summed E-state index contributed by atoms with van der Waals surface area (Å²) in [6, 6.07) is 8.90. The van der Waals surface area contributed by atoms with Crippen molar-refractivity contribution in [3.63, 3.8) is 0 Å². The third-order valence-electron chi connectivity index (χ3n) is 2.50. The number of halogens is 1. The number of nitrogens with one attached hydrogen (secondary N) is 1. The van der Waals surface area contributed by atoms with Crippen molar-refractivity contribution in [2.24, 2.45) is 0 Å². The maximum absolute atomic E-state index is 13.3. The number of thiophene rings is 1. The molecule has 0 aliphatic rings. The molecule has 0 unspecified atom stereocenters. The van der Waals surface area contributed by atoms with Crippen molar-refractivity contribution in [3.8, 4) is 6.07 Å². The third kappa shape index (κ3) is 2.63. The average molecular weight is 246 g/mol. The predicted octanol–water partition coefficient (Wildman–Crippen LogP) is 3.68. The molecule has 1 N–H and O–H groups in total. The molecule has 17 heavy (non-hydrogen) atoms. The number of benzene rings is 1. The van der Waals surface area contributed by atoms with Crippen LogP contribution >= 0.6 is 11.3 Å². The normalized spacial score (nSPS) is 9.94. The lowest BCUT2D eigenvalue weighted by atomic mass is 10.2. The second kappa shape index (κ2) is 4.98. The molecule has 1 heterocycles. The summed E-state index contributed by atoms with van der Waals surface area (Å²) in [4.78, 5) is 1.06. The highest BCUT2D eigenvalue weighted by molar-refractivity contribution is 7.10. The van der Waals surface area contributed by atoms with E-state index in [-0.39, 0.29) is 5.82 Å². The van der Waals surface area contributed by atoms with Gasteiger partial charge < -0.3 is 5.32 Å². The number of nitriles is 1. The molecule has 0 radical (unpaired) electrons. The summed E-state index contributed by atoms with van der Waals surface area (Å²) in [5.74, 6) is -0.209. The molecule has 0 saturated heterocycles. The zero-order chi connectivity index (χ0) is 12.3. The summed E-state index contributed by atoms with van der Waals surface area (Å²) in [6.45, 7) is 2.35. The molecule has 0 atom stereocenters. The molecule has 0 spiro atoms. The van der Waals surface area contributed by atoms with E-state index in [1.165, 1.54) is 17.4 Å². The van der Waals surface area contributed by atoms with Crippen LogP contribution in [0.3, 0.4) is 0 Å². The van der Waals surface area contributed by atoms with E-state index < -0.39 is 0 Å². The predicted molar refractivity (Wildman–Crippen MR) is 67.5 cm³/mol. The van der Waals surface area contributed by atoms with Crippen LogP contribution in [0.1, 0.15) is 16.0 Å². The Morgan fingerprint density at radius 3 is 3.00 bits per heavy atom. The van der Waals surface area contributed by atoms with Crippen LogP contribution in [0.2, 0.25) is 0 Å². The first-order valence-electron chi connectivity index (χ1n) is 5.17. The minimum Gasteiger partial charge on any atom is -0.380 e. The van der Waals surface area contributed by atoms with Crippen LogP contribution < -0.4 is 5.32 Å². The van der Waals surface area contributed by atoms with Gasteiger partial charge >= 0.3 is 0 Å². The Morgan fingerprint density at radius 1 is 1.47 bits per heavy atom. The maximum atomic E-state index is 13.3. The number of rotatable bonds is 3. The smallest absolute Gasteiger partial charge is 0.128 e. The summed E-state index contributed by atoms with van der Waals surface area (Å²) < 4.78 is 13.3. The summed E-state index contributed by atoms with van der Waals surface area (Å²) in [7, 11) is 0. The summed E-state index contributed by atoms with van der Waals surface area (Å²) in [5.41, 5.74) is 2.07. The first-order chi connectivity index (χ1) is 8.20. The lowest BCUT2D eigenvalue weighted by Crippen LogP contribution is -2.00. The first kappa shape index (κ1) is 11.6. The Kier molecular flexibility index (Phi) is 3.40. The molecule has 1 aromatic heterocycles. The van der Waals surface area contributed by atoms with E-state index in [4.69, 9.17) is 5.26 Å². The van der Waals surface area contributed by atoms with E-state index in [0.717, 1.165) is 10.6 Å². The van der Waals surface area contributed by atoms with Gasteiger partial charge in [0.05, 0.1) is 5.56 Å². The third-order valence-corrected chi connectivity index (χ3v) is 3.44. The van der Waals surface area contributed by atoms with Gasteiger partial charge in [-0.25, -0.2) is 4.39 Å². The molecule has 0 bridgehead atoms. The Morgan fingerprint density at radius 2 is 2.29 bits per heavy atom. The fraction of sp³-hybridized carbons (Fsp3) is 0.154. The van der Waals surface area contributed by atoms with Crippen molar-refractivity contribution in [2.45, 2.75) is 13.5 Å². The number of nitrogens with zero attached hydrogens (tertiary/aromatic N) is 1. The van der Waals surface area contributed by atoms with Crippen LogP contribution in [-0.4, -0.2) is 0 Å². The quantitative estimate of drug-likeness (QED) is 0.896. The van der Waals surface area contributed by atoms with Crippen LogP contribution in [0.15, 0.2) is 29.6 Å². The SMILES string of the molecule is Cc1c(F)cccc1NCc1cc(C#N)cs1.